The Morgan fingerprint density at radius 1 is 1.37 bits per heavy atom. The normalized spacial score (nSPS) is 15.6. The van der Waals surface area contributed by atoms with Crippen molar-refractivity contribution >= 4 is 6.03 Å². The van der Waals surface area contributed by atoms with Crippen LogP contribution in [0.1, 0.15) is 50.6 Å². The summed E-state index contributed by atoms with van der Waals surface area (Å²) in [6, 6.07) is 4.27. The van der Waals surface area contributed by atoms with Gasteiger partial charge in [0.05, 0.1) is 30.4 Å². The van der Waals surface area contributed by atoms with Gasteiger partial charge >= 0.3 is 6.03 Å². The van der Waals surface area contributed by atoms with Crippen LogP contribution >= 0.6 is 0 Å². The minimum atomic E-state index is -0.359. The van der Waals surface area contributed by atoms with Gasteiger partial charge in [-0.3, -0.25) is 4.68 Å². The van der Waals surface area contributed by atoms with E-state index in [1.54, 1.807) is 17.0 Å². The summed E-state index contributed by atoms with van der Waals surface area (Å²) in [6.07, 6.45) is 1.97. The van der Waals surface area contributed by atoms with Crippen LogP contribution in [-0.2, 0) is 12.1 Å². The van der Waals surface area contributed by atoms with E-state index in [-0.39, 0.29) is 30.0 Å². The first-order valence-corrected chi connectivity index (χ1v) is 9.19. The molecule has 0 aliphatic carbocycles. The van der Waals surface area contributed by atoms with Crippen LogP contribution in [0, 0.1) is 12.7 Å². The average Bonchev–Trinajstić information content (AvgIpc) is 2.85. The van der Waals surface area contributed by atoms with E-state index in [0.717, 1.165) is 11.3 Å². The molecule has 0 saturated carbocycles. The number of urea groups is 1. The van der Waals surface area contributed by atoms with Gasteiger partial charge in [0, 0.05) is 17.3 Å². The molecule has 2 heterocycles. The molecule has 146 valence electrons. The molecule has 0 radical (unpaired) electrons. The largest absolute Gasteiger partial charge is 0.491 e. The molecule has 1 atom stereocenters. The highest BCUT2D eigenvalue weighted by atomic mass is 19.1. The number of hydrogen-bond donors (Lipinski definition) is 1. The monoisotopic (exact) mass is 374 g/mol. The zero-order valence-corrected chi connectivity index (χ0v) is 16.5. The minimum absolute atomic E-state index is 0.129. The summed E-state index contributed by atoms with van der Waals surface area (Å²) in [6.45, 7) is 11.0. The Labute approximate surface area is 159 Å². The Kier molecular flexibility index (Phi) is 5.13. The second-order valence-electron chi connectivity index (χ2n) is 7.94. The zero-order chi connectivity index (χ0) is 19.8. The summed E-state index contributed by atoms with van der Waals surface area (Å²) in [5, 5.41) is 7.57. The van der Waals surface area contributed by atoms with Gasteiger partial charge in [-0.2, -0.15) is 5.10 Å². The van der Waals surface area contributed by atoms with Crippen LogP contribution in [0.4, 0.5) is 9.18 Å². The molecular weight excluding hydrogens is 347 g/mol. The molecule has 27 heavy (non-hydrogen) atoms. The first-order chi connectivity index (χ1) is 12.7. The highest BCUT2D eigenvalue weighted by molar-refractivity contribution is 5.75. The lowest BCUT2D eigenvalue weighted by atomic mass is 10.1. The Bertz CT molecular complexity index is 841. The lowest BCUT2D eigenvalue weighted by Gasteiger charge is -2.23. The number of halogens is 1. The molecule has 1 unspecified atom stereocenters. The fourth-order valence-corrected chi connectivity index (χ4v) is 3.13. The number of aryl methyl sites for hydroxylation is 1. The number of aromatic nitrogens is 2. The fourth-order valence-electron chi connectivity index (χ4n) is 3.13. The molecular formula is C20H27FN4O2. The number of carbonyl (C=O) groups is 1. The van der Waals surface area contributed by atoms with E-state index in [0.29, 0.717) is 24.5 Å². The van der Waals surface area contributed by atoms with Crippen molar-refractivity contribution in [1.29, 1.82) is 0 Å². The second-order valence-corrected chi connectivity index (χ2v) is 7.94. The number of amides is 2. The van der Waals surface area contributed by atoms with Crippen molar-refractivity contribution in [2.45, 2.75) is 52.7 Å². The predicted octanol–water partition coefficient (Wildman–Crippen LogP) is 3.75. The fraction of sp³-hybridized carbons (Fsp3) is 0.500. The van der Waals surface area contributed by atoms with Crippen molar-refractivity contribution in [2.75, 3.05) is 13.2 Å². The van der Waals surface area contributed by atoms with Crippen molar-refractivity contribution in [1.82, 2.24) is 20.0 Å². The zero-order valence-electron chi connectivity index (χ0n) is 16.5. The van der Waals surface area contributed by atoms with Crippen LogP contribution in [0.2, 0.25) is 0 Å². The van der Waals surface area contributed by atoms with Gasteiger partial charge in [0.25, 0.3) is 0 Å². The van der Waals surface area contributed by atoms with E-state index < -0.39 is 0 Å². The summed E-state index contributed by atoms with van der Waals surface area (Å²) in [5.41, 5.74) is 2.13. The minimum Gasteiger partial charge on any atom is -0.491 e. The molecule has 0 saturated heterocycles. The number of rotatable bonds is 2. The molecule has 6 nitrogen and oxygen atoms in total. The third kappa shape index (κ3) is 4.07. The highest BCUT2D eigenvalue weighted by Gasteiger charge is 2.25. The van der Waals surface area contributed by atoms with Gasteiger partial charge in [-0.1, -0.05) is 6.07 Å². The van der Waals surface area contributed by atoms with E-state index in [1.807, 2.05) is 24.7 Å². The van der Waals surface area contributed by atoms with Crippen molar-refractivity contribution in [3.8, 4) is 5.75 Å². The quantitative estimate of drug-likeness (QED) is 0.871. The summed E-state index contributed by atoms with van der Waals surface area (Å²) in [7, 11) is 0. The van der Waals surface area contributed by atoms with E-state index in [4.69, 9.17) is 4.74 Å². The third-order valence-corrected chi connectivity index (χ3v) is 4.76. The molecule has 1 aromatic carbocycles. The molecule has 0 spiro atoms. The summed E-state index contributed by atoms with van der Waals surface area (Å²) < 4.78 is 21.6. The Balaban J connectivity index is 1.74. The molecule has 2 amide bonds. The van der Waals surface area contributed by atoms with Gasteiger partial charge in [0.15, 0.2) is 0 Å². The van der Waals surface area contributed by atoms with Gasteiger partial charge in [0.1, 0.15) is 18.2 Å². The van der Waals surface area contributed by atoms with Gasteiger partial charge in [-0.25, -0.2) is 9.18 Å². The van der Waals surface area contributed by atoms with Crippen molar-refractivity contribution in [2.24, 2.45) is 0 Å². The van der Waals surface area contributed by atoms with E-state index in [2.05, 4.69) is 31.2 Å². The first-order valence-electron chi connectivity index (χ1n) is 9.19. The molecule has 3 rings (SSSR count). The van der Waals surface area contributed by atoms with Crippen molar-refractivity contribution in [3.05, 3.63) is 47.0 Å². The summed E-state index contributed by atoms with van der Waals surface area (Å²) in [5.74, 6) is 0.142. The standard InChI is InChI=1S/C20H27FN4O2/c1-13(15-12-25(20(3,4)5)23-14(15)2)22-19(26)24-9-10-27-18-8-6-7-17(21)16(18)11-24/h6-8,12-13H,9-11H2,1-5H3,(H,22,26). The number of ether oxygens (including phenoxy) is 1. The predicted molar refractivity (Wildman–Crippen MR) is 101 cm³/mol. The molecule has 2 aromatic rings. The number of nitrogens with one attached hydrogen (secondary N) is 1. The van der Waals surface area contributed by atoms with Gasteiger partial charge < -0.3 is 15.0 Å². The second kappa shape index (κ2) is 7.21. The van der Waals surface area contributed by atoms with Crippen LogP contribution in [-0.4, -0.2) is 33.9 Å². The maximum absolute atomic E-state index is 14.1. The lowest BCUT2D eigenvalue weighted by molar-refractivity contribution is 0.184. The third-order valence-electron chi connectivity index (χ3n) is 4.76. The van der Waals surface area contributed by atoms with Crippen LogP contribution < -0.4 is 10.1 Å². The summed E-state index contributed by atoms with van der Waals surface area (Å²) in [4.78, 5) is 14.4. The molecule has 1 aromatic heterocycles. The molecule has 1 aliphatic heterocycles. The highest BCUT2D eigenvalue weighted by Crippen LogP contribution is 2.26. The number of nitrogens with zero attached hydrogens (tertiary/aromatic N) is 3. The van der Waals surface area contributed by atoms with E-state index in [9.17, 15) is 9.18 Å². The topological polar surface area (TPSA) is 59.4 Å². The molecule has 7 heteroatoms. The van der Waals surface area contributed by atoms with Crippen LogP contribution in [0.3, 0.4) is 0 Å². The molecule has 1 N–H and O–H groups in total. The van der Waals surface area contributed by atoms with Crippen molar-refractivity contribution in [3.63, 3.8) is 0 Å². The number of benzene rings is 1. The maximum atomic E-state index is 14.1. The maximum Gasteiger partial charge on any atom is 0.318 e. The van der Waals surface area contributed by atoms with Crippen LogP contribution in [0.25, 0.3) is 0 Å². The Morgan fingerprint density at radius 3 is 2.78 bits per heavy atom. The van der Waals surface area contributed by atoms with Crippen molar-refractivity contribution < 1.29 is 13.9 Å². The molecule has 1 aliphatic rings. The number of fused-ring (bicyclic) bond motifs is 1. The smallest absolute Gasteiger partial charge is 0.318 e. The van der Waals surface area contributed by atoms with Gasteiger partial charge in [-0.15, -0.1) is 0 Å². The van der Waals surface area contributed by atoms with Gasteiger partial charge in [0.2, 0.25) is 0 Å². The van der Waals surface area contributed by atoms with Crippen LogP contribution in [0.5, 0.6) is 5.75 Å². The molecule has 0 bridgehead atoms. The first kappa shape index (κ1) is 19.2. The van der Waals surface area contributed by atoms with E-state index >= 15 is 0 Å². The SMILES string of the molecule is Cc1nn(C(C)(C)C)cc1C(C)NC(=O)N1CCOc2cccc(F)c2C1. The van der Waals surface area contributed by atoms with Crippen LogP contribution in [0.15, 0.2) is 24.4 Å². The summed E-state index contributed by atoms with van der Waals surface area (Å²) >= 11 is 0. The number of carbonyl (C=O) groups excluding carboxylic acids is 1. The van der Waals surface area contributed by atoms with Gasteiger partial charge in [-0.05, 0) is 46.8 Å². The Hall–Kier alpha value is -2.57. The lowest BCUT2D eigenvalue weighted by Crippen LogP contribution is -2.41. The van der Waals surface area contributed by atoms with E-state index in [1.165, 1.54) is 6.07 Å². The molecule has 0 fully saturated rings. The number of hydrogen-bond acceptors (Lipinski definition) is 3. The average molecular weight is 374 g/mol. The Morgan fingerprint density at radius 2 is 2.11 bits per heavy atom.